The molecule has 17 heavy (non-hydrogen) atoms. The second kappa shape index (κ2) is 4.75. The standard InChI is InChI=1S/C15H22F2/c1-6-15(16,17)10-12-11(2)8-7-9-13(12)14(3,4)5/h7-9H,6,10H2,1-5H3. The van der Waals surface area contributed by atoms with E-state index in [1.807, 2.05) is 25.1 Å². The van der Waals surface area contributed by atoms with Crippen molar-refractivity contribution in [3.05, 3.63) is 34.9 Å². The lowest BCUT2D eigenvalue weighted by Crippen LogP contribution is -2.23. The van der Waals surface area contributed by atoms with E-state index in [1.54, 1.807) is 0 Å². The molecule has 0 bridgehead atoms. The van der Waals surface area contributed by atoms with Crippen molar-refractivity contribution in [1.82, 2.24) is 0 Å². The predicted molar refractivity (Wildman–Crippen MR) is 68.8 cm³/mol. The first-order valence-corrected chi connectivity index (χ1v) is 6.14. The molecule has 0 unspecified atom stereocenters. The topological polar surface area (TPSA) is 0 Å². The molecule has 0 aliphatic heterocycles. The van der Waals surface area contributed by atoms with Gasteiger partial charge in [-0.25, -0.2) is 8.78 Å². The van der Waals surface area contributed by atoms with Crippen LogP contribution in [-0.2, 0) is 11.8 Å². The van der Waals surface area contributed by atoms with Gasteiger partial charge in [0, 0.05) is 12.8 Å². The zero-order chi connectivity index (χ0) is 13.3. The molecule has 0 saturated carbocycles. The number of benzene rings is 1. The first-order chi connectivity index (χ1) is 7.67. The minimum Gasteiger partial charge on any atom is -0.207 e. The highest BCUT2D eigenvalue weighted by molar-refractivity contribution is 5.39. The Morgan fingerprint density at radius 3 is 2.18 bits per heavy atom. The van der Waals surface area contributed by atoms with E-state index in [0.717, 1.165) is 16.7 Å². The summed E-state index contributed by atoms with van der Waals surface area (Å²) in [5.74, 6) is -2.61. The van der Waals surface area contributed by atoms with Gasteiger partial charge >= 0.3 is 0 Å². The molecular formula is C15H22F2. The Kier molecular flexibility index (Phi) is 3.95. The largest absolute Gasteiger partial charge is 0.251 e. The van der Waals surface area contributed by atoms with E-state index >= 15 is 0 Å². The molecule has 0 aliphatic carbocycles. The summed E-state index contributed by atoms with van der Waals surface area (Å²) in [4.78, 5) is 0. The van der Waals surface area contributed by atoms with E-state index in [4.69, 9.17) is 0 Å². The summed E-state index contributed by atoms with van der Waals surface area (Å²) in [7, 11) is 0. The van der Waals surface area contributed by atoms with Crippen LogP contribution in [0.5, 0.6) is 0 Å². The van der Waals surface area contributed by atoms with Crippen LogP contribution in [0.25, 0.3) is 0 Å². The third kappa shape index (κ3) is 3.52. The average molecular weight is 240 g/mol. The number of hydrogen-bond donors (Lipinski definition) is 0. The highest BCUT2D eigenvalue weighted by Crippen LogP contribution is 2.33. The molecule has 0 fully saturated rings. The second-order valence-corrected chi connectivity index (χ2v) is 5.74. The smallest absolute Gasteiger partial charge is 0.207 e. The molecule has 0 nitrogen and oxygen atoms in total. The van der Waals surface area contributed by atoms with Crippen LogP contribution in [0.15, 0.2) is 18.2 Å². The summed E-state index contributed by atoms with van der Waals surface area (Å²) in [6.07, 6.45) is -0.256. The fourth-order valence-corrected chi connectivity index (χ4v) is 2.02. The summed E-state index contributed by atoms with van der Waals surface area (Å²) < 4.78 is 27.2. The van der Waals surface area contributed by atoms with Crippen molar-refractivity contribution in [1.29, 1.82) is 0 Å². The Hall–Kier alpha value is -0.920. The summed E-state index contributed by atoms with van der Waals surface area (Å²) in [5.41, 5.74) is 2.72. The molecule has 1 aromatic rings. The lowest BCUT2D eigenvalue weighted by atomic mass is 9.80. The van der Waals surface area contributed by atoms with E-state index in [1.165, 1.54) is 6.92 Å². The van der Waals surface area contributed by atoms with Crippen LogP contribution >= 0.6 is 0 Å². The molecule has 0 saturated heterocycles. The molecule has 0 heterocycles. The van der Waals surface area contributed by atoms with Crippen molar-refractivity contribution in [2.24, 2.45) is 0 Å². The van der Waals surface area contributed by atoms with Crippen LogP contribution in [0.3, 0.4) is 0 Å². The van der Waals surface area contributed by atoms with E-state index in [-0.39, 0.29) is 18.3 Å². The number of halogens is 2. The molecular weight excluding hydrogens is 218 g/mol. The van der Waals surface area contributed by atoms with Gasteiger partial charge in [0.05, 0.1) is 0 Å². The molecule has 0 aliphatic rings. The van der Waals surface area contributed by atoms with Gasteiger partial charge in [-0.15, -0.1) is 0 Å². The Balaban J connectivity index is 3.22. The molecule has 1 aromatic carbocycles. The van der Waals surface area contributed by atoms with E-state index in [0.29, 0.717) is 0 Å². The summed E-state index contributed by atoms with van der Waals surface area (Å²) in [5, 5.41) is 0. The van der Waals surface area contributed by atoms with Gasteiger partial charge in [-0.05, 0) is 29.0 Å². The second-order valence-electron chi connectivity index (χ2n) is 5.74. The quantitative estimate of drug-likeness (QED) is 0.706. The first-order valence-electron chi connectivity index (χ1n) is 6.14. The van der Waals surface area contributed by atoms with Crippen LogP contribution in [0.2, 0.25) is 0 Å². The van der Waals surface area contributed by atoms with Crippen molar-refractivity contribution in [2.75, 3.05) is 0 Å². The lowest BCUT2D eigenvalue weighted by molar-refractivity contribution is -0.00267. The number of rotatable bonds is 3. The van der Waals surface area contributed by atoms with Gasteiger partial charge in [0.2, 0.25) is 0 Å². The van der Waals surface area contributed by atoms with Crippen molar-refractivity contribution < 1.29 is 8.78 Å². The summed E-state index contributed by atoms with van der Waals surface area (Å²) in [6.45, 7) is 9.64. The molecule has 1 rings (SSSR count). The predicted octanol–water partition coefficient (Wildman–Crippen LogP) is 4.88. The molecule has 0 spiro atoms. The Morgan fingerprint density at radius 1 is 1.12 bits per heavy atom. The number of aryl methyl sites for hydroxylation is 1. The van der Waals surface area contributed by atoms with Gasteiger partial charge in [-0.1, -0.05) is 45.9 Å². The molecule has 0 atom stereocenters. The SMILES string of the molecule is CCC(F)(F)Cc1c(C)cccc1C(C)(C)C. The summed E-state index contributed by atoms with van der Waals surface area (Å²) in [6, 6.07) is 5.83. The van der Waals surface area contributed by atoms with Gasteiger partial charge in [0.25, 0.3) is 5.92 Å². The van der Waals surface area contributed by atoms with Crippen LogP contribution in [0.1, 0.15) is 50.8 Å². The van der Waals surface area contributed by atoms with Gasteiger partial charge in [-0.3, -0.25) is 0 Å². The monoisotopic (exact) mass is 240 g/mol. The van der Waals surface area contributed by atoms with Crippen molar-refractivity contribution in [3.8, 4) is 0 Å². The van der Waals surface area contributed by atoms with Crippen molar-refractivity contribution >= 4 is 0 Å². The highest BCUT2D eigenvalue weighted by Gasteiger charge is 2.30. The molecule has 2 heteroatoms. The number of hydrogen-bond acceptors (Lipinski definition) is 0. The molecule has 0 amide bonds. The van der Waals surface area contributed by atoms with E-state index < -0.39 is 5.92 Å². The minimum atomic E-state index is -2.61. The van der Waals surface area contributed by atoms with E-state index in [9.17, 15) is 8.78 Å². The first kappa shape index (κ1) is 14.1. The Labute approximate surface area is 103 Å². The summed E-state index contributed by atoms with van der Waals surface area (Å²) >= 11 is 0. The molecule has 96 valence electrons. The Bertz CT molecular complexity index is 386. The van der Waals surface area contributed by atoms with E-state index in [2.05, 4.69) is 20.8 Å². The fourth-order valence-electron chi connectivity index (χ4n) is 2.02. The maximum atomic E-state index is 13.6. The molecule has 0 N–H and O–H groups in total. The minimum absolute atomic E-state index is 0.0921. The van der Waals surface area contributed by atoms with Crippen molar-refractivity contribution in [2.45, 2.75) is 58.8 Å². The maximum Gasteiger partial charge on any atom is 0.251 e. The average Bonchev–Trinajstić information content (AvgIpc) is 2.19. The molecule has 0 radical (unpaired) electrons. The van der Waals surface area contributed by atoms with Gasteiger partial charge < -0.3 is 0 Å². The van der Waals surface area contributed by atoms with Crippen LogP contribution in [0.4, 0.5) is 8.78 Å². The molecule has 0 aromatic heterocycles. The Morgan fingerprint density at radius 2 is 1.71 bits per heavy atom. The van der Waals surface area contributed by atoms with Gasteiger partial charge in [-0.2, -0.15) is 0 Å². The third-order valence-electron chi connectivity index (χ3n) is 3.17. The van der Waals surface area contributed by atoms with Crippen LogP contribution in [0, 0.1) is 6.92 Å². The zero-order valence-corrected chi connectivity index (χ0v) is 11.4. The van der Waals surface area contributed by atoms with Crippen LogP contribution < -0.4 is 0 Å². The highest BCUT2D eigenvalue weighted by atomic mass is 19.3. The van der Waals surface area contributed by atoms with Crippen molar-refractivity contribution in [3.63, 3.8) is 0 Å². The van der Waals surface area contributed by atoms with Crippen LogP contribution in [-0.4, -0.2) is 5.92 Å². The fraction of sp³-hybridized carbons (Fsp3) is 0.600. The number of alkyl halides is 2. The normalized spacial score (nSPS) is 12.9. The van der Waals surface area contributed by atoms with Gasteiger partial charge in [0.1, 0.15) is 0 Å². The third-order valence-corrected chi connectivity index (χ3v) is 3.17. The van der Waals surface area contributed by atoms with Gasteiger partial charge in [0.15, 0.2) is 0 Å². The zero-order valence-electron chi connectivity index (χ0n) is 11.4. The lowest BCUT2D eigenvalue weighted by Gasteiger charge is -2.26. The maximum absolute atomic E-state index is 13.6.